The number of hydrogen-bond donors (Lipinski definition) is 5. The molecule has 0 saturated heterocycles. The smallest absolute Gasteiger partial charge is 0.294 e. The SMILES string of the molecule is O=S(=O)(O)c1ccc2c(c1)-c1nc-2nc2[nH]c(nc3nc(nc4c5cc(S(=O)(=O)O)ccc5c=4n1)-c1ccc(S(=O)(=O)O)cc1-3)c1ccc(S(=O)(=O)O)cc21. The quantitative estimate of drug-likeness (QED) is 0.159. The third-order valence-electron chi connectivity index (χ3n) is 8.90. The Labute approximate surface area is 307 Å². The van der Waals surface area contributed by atoms with Gasteiger partial charge in [0.25, 0.3) is 40.5 Å². The molecule has 19 nitrogen and oxygen atoms in total. The monoisotopic (exact) mass is 819 g/mol. The summed E-state index contributed by atoms with van der Waals surface area (Å²) in [5.74, 6) is -0.432. The van der Waals surface area contributed by atoms with E-state index in [2.05, 4.69) is 34.9 Å². The average molecular weight is 820 g/mol. The summed E-state index contributed by atoms with van der Waals surface area (Å²) in [5.41, 5.74) is 0.531. The van der Waals surface area contributed by atoms with E-state index in [0.29, 0.717) is 5.39 Å². The zero-order chi connectivity index (χ0) is 39.0. The number of nitrogens with zero attached hydrogens (tertiary/aromatic N) is 6. The highest BCUT2D eigenvalue weighted by Gasteiger charge is 2.26. The van der Waals surface area contributed by atoms with E-state index in [4.69, 9.17) is 0 Å². The zero-order valence-corrected chi connectivity index (χ0v) is 30.1. The molecule has 0 saturated carbocycles. The number of H-pyrrole nitrogens is 1. The molecule has 6 bridgehead atoms. The Morgan fingerprint density at radius 3 is 1.24 bits per heavy atom. The molecule has 0 radical (unpaired) electrons. The highest BCUT2D eigenvalue weighted by atomic mass is 32.2. The minimum Gasteiger partial charge on any atom is -0.324 e. The largest absolute Gasteiger partial charge is 0.324 e. The number of rotatable bonds is 4. The topological polar surface area (TPSA) is 311 Å². The first-order valence-corrected chi connectivity index (χ1v) is 21.0. The van der Waals surface area contributed by atoms with Gasteiger partial charge < -0.3 is 4.98 Å². The fourth-order valence-corrected chi connectivity index (χ4v) is 8.38. The molecule has 5 N–H and O–H groups in total. The molecular formula is C32H17N7O12S4. The fourth-order valence-electron chi connectivity index (χ4n) is 6.35. The van der Waals surface area contributed by atoms with Gasteiger partial charge in [0.2, 0.25) is 0 Å². The van der Waals surface area contributed by atoms with E-state index >= 15 is 0 Å². The Bertz CT molecular complexity index is 3620. The van der Waals surface area contributed by atoms with E-state index in [0.717, 1.165) is 48.5 Å². The van der Waals surface area contributed by atoms with Crippen LogP contribution < -0.4 is 0 Å². The van der Waals surface area contributed by atoms with E-state index in [-0.39, 0.29) is 83.7 Å². The van der Waals surface area contributed by atoms with Gasteiger partial charge in [-0.15, -0.1) is 0 Å². The molecule has 1 aliphatic carbocycles. The Kier molecular flexibility index (Phi) is 7.16. The van der Waals surface area contributed by atoms with Crippen LogP contribution in [0.4, 0.5) is 0 Å². The lowest BCUT2D eigenvalue weighted by molar-refractivity contribution is 0.481. The second-order valence-corrected chi connectivity index (χ2v) is 17.9. The second-order valence-electron chi connectivity index (χ2n) is 12.2. The highest BCUT2D eigenvalue weighted by molar-refractivity contribution is 7.86. The van der Waals surface area contributed by atoms with E-state index in [1.807, 2.05) is 0 Å². The van der Waals surface area contributed by atoms with Crippen LogP contribution in [0.3, 0.4) is 0 Å². The molecule has 276 valence electrons. The average Bonchev–Trinajstić information content (AvgIpc) is 3.74. The van der Waals surface area contributed by atoms with Crippen molar-refractivity contribution in [2.45, 2.75) is 19.6 Å². The van der Waals surface area contributed by atoms with Crippen LogP contribution in [0.2, 0.25) is 0 Å². The molecule has 5 aromatic rings. The summed E-state index contributed by atoms with van der Waals surface area (Å²) < 4.78 is 137. The molecule has 23 heteroatoms. The predicted octanol–water partition coefficient (Wildman–Crippen LogP) is 3.54. The highest BCUT2D eigenvalue weighted by Crippen LogP contribution is 2.39. The number of benzene rings is 4. The number of aromatic amines is 1. The van der Waals surface area contributed by atoms with Crippen molar-refractivity contribution in [3.05, 3.63) is 83.5 Å². The Morgan fingerprint density at radius 1 is 0.364 bits per heavy atom. The van der Waals surface area contributed by atoms with Crippen LogP contribution in [0.15, 0.2) is 92.4 Å². The van der Waals surface area contributed by atoms with Crippen LogP contribution in [0.1, 0.15) is 0 Å². The Balaban J connectivity index is 1.51. The molecule has 1 aromatic heterocycles. The van der Waals surface area contributed by atoms with E-state index in [1.54, 1.807) is 0 Å². The maximum absolute atomic E-state index is 12.2. The van der Waals surface area contributed by atoms with Gasteiger partial charge in [0.1, 0.15) is 11.3 Å². The summed E-state index contributed by atoms with van der Waals surface area (Å²) in [7, 11) is -18.9. The Morgan fingerprint density at radius 2 is 0.727 bits per heavy atom. The van der Waals surface area contributed by atoms with Gasteiger partial charge in [0.15, 0.2) is 23.3 Å². The summed E-state index contributed by atoms with van der Waals surface area (Å²) in [5, 5.41) is 0.967. The van der Waals surface area contributed by atoms with Gasteiger partial charge in [-0.1, -0.05) is 6.07 Å². The van der Waals surface area contributed by atoms with Gasteiger partial charge >= 0.3 is 0 Å². The number of aromatic nitrogens is 7. The van der Waals surface area contributed by atoms with Crippen molar-refractivity contribution in [1.29, 1.82) is 0 Å². The van der Waals surface area contributed by atoms with Crippen molar-refractivity contribution in [3.8, 4) is 45.6 Å². The standard InChI is InChI=1S/C32H17N7O12S4/c40-52(41,42)13-1-5-17-21(9-13)26-25(17)33-30-22-10-14(53(43,44)45)3-7-19(22)28(36-30)37-32-24-12-16(55(49,50)51)4-8-20(24)29(39-32)38-31-23-11-15(54(46,47)48)2-6-18(23)27(34-26)35-31/h1-12H,(H,40,41,42)(H,43,44,45)(H,46,47,48)(H,49,50,51)(H,33,34,35,36,37,38,39). The molecule has 0 fully saturated rings. The van der Waals surface area contributed by atoms with Crippen LogP contribution >= 0.6 is 0 Å². The third-order valence-corrected chi connectivity index (χ3v) is 12.3. The van der Waals surface area contributed by atoms with Crippen LogP contribution in [-0.2, 0) is 40.5 Å². The molecule has 55 heavy (non-hydrogen) atoms. The maximum Gasteiger partial charge on any atom is 0.294 e. The molecule has 0 unspecified atom stereocenters. The first-order chi connectivity index (χ1) is 25.7. The van der Waals surface area contributed by atoms with E-state index in [9.17, 15) is 51.9 Å². The second kappa shape index (κ2) is 11.3. The van der Waals surface area contributed by atoms with Gasteiger partial charge in [-0.05, 0) is 66.7 Å². The molecule has 4 aliphatic rings. The molecule has 0 atom stereocenters. The van der Waals surface area contributed by atoms with Crippen molar-refractivity contribution in [2.24, 2.45) is 0 Å². The van der Waals surface area contributed by atoms with Crippen LogP contribution in [0, 0.1) is 10.7 Å². The molecule has 9 rings (SSSR count). The summed E-state index contributed by atoms with van der Waals surface area (Å²) in [4.78, 5) is 28.6. The molecule has 3 aliphatic heterocycles. The van der Waals surface area contributed by atoms with Crippen molar-refractivity contribution < 1.29 is 51.9 Å². The minimum atomic E-state index is -4.74. The lowest BCUT2D eigenvalue weighted by Gasteiger charge is -2.07. The third kappa shape index (κ3) is 5.68. The minimum absolute atomic E-state index is 0.00911. The lowest BCUT2D eigenvalue weighted by Crippen LogP contribution is -2.01. The molecule has 4 heterocycles. The van der Waals surface area contributed by atoms with Gasteiger partial charge in [-0.25, -0.2) is 29.9 Å². The van der Waals surface area contributed by atoms with Crippen LogP contribution in [0.25, 0.3) is 78.4 Å². The van der Waals surface area contributed by atoms with Gasteiger partial charge in [0, 0.05) is 43.8 Å². The summed E-state index contributed by atoms with van der Waals surface area (Å²) in [6.07, 6.45) is 0. The first kappa shape index (κ1) is 34.8. The number of nitrogens with one attached hydrogen (secondary N) is 1. The molecule has 0 amide bonds. The maximum atomic E-state index is 12.2. The molecule has 4 aromatic carbocycles. The van der Waals surface area contributed by atoms with Crippen molar-refractivity contribution in [1.82, 2.24) is 34.9 Å². The summed E-state index contributed by atoms with van der Waals surface area (Å²) in [6, 6.07) is 14.2. The predicted molar refractivity (Wildman–Crippen MR) is 190 cm³/mol. The molecular weight excluding hydrogens is 803 g/mol. The van der Waals surface area contributed by atoms with Gasteiger partial charge in [-0.3, -0.25) is 18.2 Å². The number of fused-ring (bicyclic) bond motifs is 18. The van der Waals surface area contributed by atoms with Crippen LogP contribution in [-0.4, -0.2) is 86.8 Å². The normalized spacial score (nSPS) is 13.3. The zero-order valence-electron chi connectivity index (χ0n) is 26.8. The lowest BCUT2D eigenvalue weighted by atomic mass is 10.1. The van der Waals surface area contributed by atoms with Crippen molar-refractivity contribution in [2.75, 3.05) is 0 Å². The van der Waals surface area contributed by atoms with Crippen molar-refractivity contribution >= 4 is 73.3 Å². The molecule has 0 spiro atoms. The Hall–Kier alpha value is -5.92. The summed E-state index contributed by atoms with van der Waals surface area (Å²) >= 11 is 0. The first-order valence-electron chi connectivity index (χ1n) is 15.3. The van der Waals surface area contributed by atoms with Gasteiger partial charge in [0.05, 0.1) is 30.3 Å². The van der Waals surface area contributed by atoms with Gasteiger partial charge in [-0.2, -0.15) is 33.7 Å². The summed E-state index contributed by atoms with van der Waals surface area (Å²) in [6.45, 7) is 0. The van der Waals surface area contributed by atoms with Crippen LogP contribution in [0.5, 0.6) is 0 Å². The van der Waals surface area contributed by atoms with Crippen molar-refractivity contribution in [3.63, 3.8) is 0 Å². The van der Waals surface area contributed by atoms with E-state index < -0.39 is 60.1 Å². The number of hydrogen-bond acceptors (Lipinski definition) is 14. The van der Waals surface area contributed by atoms with E-state index in [1.165, 1.54) is 24.3 Å². The fraction of sp³-hybridized carbons (Fsp3) is 0.